The summed E-state index contributed by atoms with van der Waals surface area (Å²) in [5, 5.41) is 0.817. The molecule has 0 amide bonds. The van der Waals surface area contributed by atoms with Gasteiger partial charge in [-0.05, 0) is 42.5 Å². The van der Waals surface area contributed by atoms with Crippen molar-refractivity contribution < 1.29 is 9.47 Å². The van der Waals surface area contributed by atoms with Crippen LogP contribution in [0, 0.1) is 5.92 Å². The van der Waals surface area contributed by atoms with E-state index in [2.05, 4.69) is 19.9 Å². The van der Waals surface area contributed by atoms with Crippen molar-refractivity contribution in [2.24, 2.45) is 13.0 Å². The summed E-state index contributed by atoms with van der Waals surface area (Å²) in [7, 11) is 5.12. The minimum Gasteiger partial charge on any atom is -0.493 e. The van der Waals surface area contributed by atoms with Gasteiger partial charge in [0.1, 0.15) is 0 Å². The van der Waals surface area contributed by atoms with Crippen molar-refractivity contribution in [2.45, 2.75) is 71.6 Å². The predicted octanol–water partition coefficient (Wildman–Crippen LogP) is 7.60. The lowest BCUT2D eigenvalue weighted by molar-refractivity contribution is 0.355. The molecule has 0 saturated carbocycles. The predicted molar refractivity (Wildman–Crippen MR) is 141 cm³/mol. The number of rotatable bonds is 13. The number of fused-ring (bicyclic) bond motifs is 1. The fourth-order valence-corrected chi connectivity index (χ4v) is 5.77. The number of thiophene rings is 1. The molecule has 180 valence electrons. The quantitative estimate of drug-likeness (QED) is 0.242. The summed E-state index contributed by atoms with van der Waals surface area (Å²) in [6.45, 7) is 4.58. The molecule has 5 heteroatoms. The van der Waals surface area contributed by atoms with Gasteiger partial charge in [-0.1, -0.05) is 64.9 Å². The van der Waals surface area contributed by atoms with Gasteiger partial charge in [-0.3, -0.25) is 4.79 Å². The monoisotopic (exact) mass is 469 g/mol. The van der Waals surface area contributed by atoms with E-state index >= 15 is 0 Å². The highest BCUT2D eigenvalue weighted by atomic mass is 32.1. The Balaban J connectivity index is 1.82. The Labute approximate surface area is 202 Å². The molecule has 0 N–H and O–H groups in total. The number of aryl methyl sites for hydroxylation is 2. The lowest BCUT2D eigenvalue weighted by atomic mass is 9.93. The van der Waals surface area contributed by atoms with Gasteiger partial charge in [0.15, 0.2) is 11.5 Å². The smallest absolute Gasteiger partial charge is 0.259 e. The minimum absolute atomic E-state index is 0.0692. The number of hydrogen-bond acceptors (Lipinski definition) is 4. The molecular weight excluding hydrogens is 430 g/mol. The van der Waals surface area contributed by atoms with E-state index in [0.717, 1.165) is 33.6 Å². The van der Waals surface area contributed by atoms with E-state index in [1.54, 1.807) is 30.1 Å². The summed E-state index contributed by atoms with van der Waals surface area (Å²) >= 11 is 1.77. The molecule has 2 heterocycles. The van der Waals surface area contributed by atoms with Gasteiger partial charge in [-0.15, -0.1) is 11.3 Å². The maximum Gasteiger partial charge on any atom is 0.259 e. The van der Waals surface area contributed by atoms with Crippen LogP contribution in [0.3, 0.4) is 0 Å². The fraction of sp³-hybridized carbons (Fsp3) is 0.536. The highest BCUT2D eigenvalue weighted by molar-refractivity contribution is 7.19. The molecule has 1 atom stereocenters. The Morgan fingerprint density at radius 2 is 1.73 bits per heavy atom. The summed E-state index contributed by atoms with van der Waals surface area (Å²) in [5.41, 5.74) is 2.16. The summed E-state index contributed by atoms with van der Waals surface area (Å²) in [6, 6.07) is 8.07. The molecule has 4 nitrogen and oxygen atoms in total. The van der Waals surface area contributed by atoms with E-state index in [9.17, 15) is 4.79 Å². The number of hydrogen-bond donors (Lipinski definition) is 0. The number of aromatic nitrogens is 1. The van der Waals surface area contributed by atoms with Gasteiger partial charge < -0.3 is 14.0 Å². The molecule has 3 rings (SSSR count). The number of pyridine rings is 1. The fourth-order valence-electron chi connectivity index (χ4n) is 4.57. The Kier molecular flexibility index (Phi) is 9.42. The van der Waals surface area contributed by atoms with Crippen molar-refractivity contribution in [3.05, 3.63) is 45.7 Å². The van der Waals surface area contributed by atoms with Crippen LogP contribution >= 0.6 is 11.3 Å². The average Bonchev–Trinajstić information content (AvgIpc) is 3.27. The lowest BCUT2D eigenvalue weighted by Crippen LogP contribution is -2.15. The Bertz CT molecular complexity index is 1100. The van der Waals surface area contributed by atoms with E-state index in [1.807, 2.05) is 31.4 Å². The molecule has 0 bridgehead atoms. The molecule has 3 aromatic rings. The van der Waals surface area contributed by atoms with Gasteiger partial charge in [0.05, 0.1) is 19.6 Å². The Morgan fingerprint density at radius 1 is 0.970 bits per heavy atom. The molecule has 33 heavy (non-hydrogen) atoms. The molecule has 0 aliphatic heterocycles. The molecule has 0 fully saturated rings. The SMILES string of the molecule is CCCCCCCC(CC)CCc1cc2c(=O)n(C)cc(-c3ccc(OC)c(OC)c3)c2s1. The Morgan fingerprint density at radius 3 is 2.42 bits per heavy atom. The van der Waals surface area contributed by atoms with Gasteiger partial charge in [0.2, 0.25) is 0 Å². The highest BCUT2D eigenvalue weighted by Gasteiger charge is 2.16. The second kappa shape index (κ2) is 12.3. The van der Waals surface area contributed by atoms with Crippen LogP contribution in [0.25, 0.3) is 21.2 Å². The third kappa shape index (κ3) is 6.20. The van der Waals surface area contributed by atoms with E-state index in [4.69, 9.17) is 9.47 Å². The second-order valence-corrected chi connectivity index (χ2v) is 10.1. The van der Waals surface area contributed by atoms with Crippen molar-refractivity contribution in [2.75, 3.05) is 14.2 Å². The van der Waals surface area contributed by atoms with Crippen molar-refractivity contribution in [3.8, 4) is 22.6 Å². The molecule has 1 unspecified atom stereocenters. The van der Waals surface area contributed by atoms with Crippen LogP contribution in [0.1, 0.15) is 70.1 Å². The molecule has 1 aromatic carbocycles. The van der Waals surface area contributed by atoms with Crippen LogP contribution in [0.2, 0.25) is 0 Å². The molecule has 0 aliphatic rings. The summed E-state index contributed by atoms with van der Waals surface area (Å²) in [6.07, 6.45) is 13.5. The van der Waals surface area contributed by atoms with Gasteiger partial charge in [0.25, 0.3) is 5.56 Å². The van der Waals surface area contributed by atoms with E-state index < -0.39 is 0 Å². The van der Waals surface area contributed by atoms with Gasteiger partial charge in [-0.25, -0.2) is 0 Å². The van der Waals surface area contributed by atoms with E-state index in [-0.39, 0.29) is 5.56 Å². The van der Waals surface area contributed by atoms with Crippen LogP contribution < -0.4 is 15.0 Å². The van der Waals surface area contributed by atoms with Crippen molar-refractivity contribution >= 4 is 21.4 Å². The normalized spacial score (nSPS) is 12.3. The van der Waals surface area contributed by atoms with Crippen molar-refractivity contribution in [3.63, 3.8) is 0 Å². The standard InChI is InChI=1S/C28H39NO3S/c1-6-8-9-10-11-12-20(7-2)13-15-22-18-23-27(33-22)24(19-29(3)28(23)30)21-14-16-25(31-4)26(17-21)32-5/h14,16-20H,6-13,15H2,1-5H3. The first-order valence-electron chi connectivity index (χ1n) is 12.4. The largest absolute Gasteiger partial charge is 0.493 e. The molecule has 0 radical (unpaired) electrons. The molecule has 0 spiro atoms. The minimum atomic E-state index is 0.0692. The number of ether oxygens (including phenoxy) is 2. The molecule has 0 saturated heterocycles. The van der Waals surface area contributed by atoms with E-state index in [0.29, 0.717) is 11.5 Å². The molecule has 0 aliphatic carbocycles. The first kappa shape index (κ1) is 25.4. The Hall–Kier alpha value is -2.27. The van der Waals surface area contributed by atoms with Crippen LogP contribution in [-0.2, 0) is 13.5 Å². The van der Waals surface area contributed by atoms with Crippen molar-refractivity contribution in [1.29, 1.82) is 0 Å². The second-order valence-electron chi connectivity index (χ2n) is 9.00. The zero-order valence-electron chi connectivity index (χ0n) is 20.9. The summed E-state index contributed by atoms with van der Waals surface area (Å²) in [5.74, 6) is 2.16. The number of unbranched alkanes of at least 4 members (excludes halogenated alkanes) is 4. The van der Waals surface area contributed by atoms with E-state index in [1.165, 1.54) is 56.2 Å². The highest BCUT2D eigenvalue weighted by Crippen LogP contribution is 2.38. The van der Waals surface area contributed by atoms with Crippen LogP contribution in [-0.4, -0.2) is 18.8 Å². The topological polar surface area (TPSA) is 40.5 Å². The number of nitrogens with zero attached hydrogens (tertiary/aromatic N) is 1. The average molecular weight is 470 g/mol. The first-order chi connectivity index (χ1) is 16.0. The van der Waals surface area contributed by atoms with Gasteiger partial charge in [-0.2, -0.15) is 0 Å². The maximum atomic E-state index is 12.9. The van der Waals surface area contributed by atoms with Crippen LogP contribution in [0.4, 0.5) is 0 Å². The van der Waals surface area contributed by atoms with Gasteiger partial charge >= 0.3 is 0 Å². The molecular formula is C28H39NO3S. The summed E-state index contributed by atoms with van der Waals surface area (Å²) in [4.78, 5) is 14.2. The van der Waals surface area contributed by atoms with Gasteiger partial charge in [0, 0.05) is 28.4 Å². The number of methoxy groups -OCH3 is 2. The third-order valence-electron chi connectivity index (χ3n) is 6.69. The lowest BCUT2D eigenvalue weighted by Gasteiger charge is -2.14. The van der Waals surface area contributed by atoms with Crippen LogP contribution in [0.5, 0.6) is 11.5 Å². The zero-order valence-corrected chi connectivity index (χ0v) is 21.7. The third-order valence-corrected chi connectivity index (χ3v) is 7.92. The maximum absolute atomic E-state index is 12.9. The van der Waals surface area contributed by atoms with Crippen LogP contribution in [0.15, 0.2) is 35.3 Å². The van der Waals surface area contributed by atoms with Crippen molar-refractivity contribution in [1.82, 2.24) is 4.57 Å². The first-order valence-corrected chi connectivity index (χ1v) is 13.2. The zero-order chi connectivity index (χ0) is 23.8. The molecule has 2 aromatic heterocycles. The summed E-state index contributed by atoms with van der Waals surface area (Å²) < 4.78 is 13.7. The number of benzene rings is 1.